The minimum atomic E-state index is -0.321. The first kappa shape index (κ1) is 14.8. The number of hydrogen-bond acceptors (Lipinski definition) is 3. The molecule has 4 nitrogen and oxygen atoms in total. The average molecular weight is 314 g/mol. The van der Waals surface area contributed by atoms with Crippen LogP contribution in [-0.4, -0.2) is 17.6 Å². The second-order valence-corrected chi connectivity index (χ2v) is 5.88. The number of aryl methyl sites for hydroxylation is 1. The van der Waals surface area contributed by atoms with Gasteiger partial charge in [-0.25, -0.2) is 0 Å². The molecule has 0 aliphatic rings. The molecule has 1 aromatic rings. The summed E-state index contributed by atoms with van der Waals surface area (Å²) >= 11 is 3.52. The van der Waals surface area contributed by atoms with E-state index in [-0.39, 0.29) is 11.3 Å². The summed E-state index contributed by atoms with van der Waals surface area (Å²) < 4.78 is 1.05. The van der Waals surface area contributed by atoms with E-state index in [4.69, 9.17) is 10.9 Å². The Balaban J connectivity index is 2.57. The Labute approximate surface area is 116 Å². The van der Waals surface area contributed by atoms with Gasteiger partial charge in [-0.05, 0) is 47.0 Å². The fourth-order valence-corrected chi connectivity index (χ4v) is 2.17. The Morgan fingerprint density at radius 1 is 1.50 bits per heavy atom. The minimum absolute atomic E-state index is 0.257. The predicted octanol–water partition coefficient (Wildman–Crippen LogP) is 3.33. The van der Waals surface area contributed by atoms with Crippen LogP contribution >= 0.6 is 15.9 Å². The van der Waals surface area contributed by atoms with E-state index in [1.807, 2.05) is 19.9 Å². The van der Waals surface area contributed by atoms with E-state index in [0.717, 1.165) is 23.1 Å². The van der Waals surface area contributed by atoms with Gasteiger partial charge < -0.3 is 16.3 Å². The fourth-order valence-electron chi connectivity index (χ4n) is 1.54. The van der Waals surface area contributed by atoms with Crippen LogP contribution in [-0.2, 0) is 0 Å². The Kier molecular flexibility index (Phi) is 5.02. The van der Waals surface area contributed by atoms with Crippen molar-refractivity contribution < 1.29 is 5.21 Å². The number of oxime groups is 1. The molecule has 4 N–H and O–H groups in total. The Bertz CT molecular complexity index is 444. The number of nitrogens with one attached hydrogen (secondary N) is 1. The number of rotatable bonds is 5. The highest BCUT2D eigenvalue weighted by Crippen LogP contribution is 2.25. The molecule has 5 heteroatoms. The van der Waals surface area contributed by atoms with Crippen LogP contribution in [0.4, 0.5) is 5.69 Å². The molecule has 0 amide bonds. The van der Waals surface area contributed by atoms with E-state index in [9.17, 15) is 0 Å². The Morgan fingerprint density at radius 3 is 2.72 bits per heavy atom. The molecule has 0 atom stereocenters. The SMILES string of the molecule is Cc1ccc(NCCC(C)(C)C(N)=NO)c(Br)c1. The van der Waals surface area contributed by atoms with Crippen molar-refractivity contribution in [2.75, 3.05) is 11.9 Å². The van der Waals surface area contributed by atoms with E-state index in [1.54, 1.807) is 0 Å². The van der Waals surface area contributed by atoms with Gasteiger partial charge in [0, 0.05) is 22.1 Å². The lowest BCUT2D eigenvalue weighted by molar-refractivity contribution is 0.306. The number of nitrogens with zero attached hydrogens (tertiary/aromatic N) is 1. The smallest absolute Gasteiger partial charge is 0.144 e. The zero-order valence-corrected chi connectivity index (χ0v) is 12.6. The van der Waals surface area contributed by atoms with Crippen molar-refractivity contribution >= 4 is 27.5 Å². The average Bonchev–Trinajstić information content (AvgIpc) is 2.30. The van der Waals surface area contributed by atoms with Gasteiger partial charge in [-0.2, -0.15) is 0 Å². The maximum Gasteiger partial charge on any atom is 0.144 e. The zero-order chi connectivity index (χ0) is 13.8. The van der Waals surface area contributed by atoms with E-state index in [2.05, 4.69) is 45.5 Å². The molecule has 100 valence electrons. The molecule has 0 aliphatic heterocycles. The number of amidine groups is 1. The van der Waals surface area contributed by atoms with Crippen molar-refractivity contribution in [3.63, 3.8) is 0 Å². The van der Waals surface area contributed by atoms with E-state index >= 15 is 0 Å². The molecule has 1 rings (SSSR count). The van der Waals surface area contributed by atoms with Crippen LogP contribution in [0, 0.1) is 12.3 Å². The van der Waals surface area contributed by atoms with Crippen LogP contribution in [0.3, 0.4) is 0 Å². The third-order valence-electron chi connectivity index (χ3n) is 2.99. The first-order valence-corrected chi connectivity index (χ1v) is 6.64. The van der Waals surface area contributed by atoms with Crippen molar-refractivity contribution in [3.8, 4) is 0 Å². The third-order valence-corrected chi connectivity index (χ3v) is 3.65. The Hall–Kier alpha value is -1.23. The van der Waals surface area contributed by atoms with Crippen LogP contribution in [0.1, 0.15) is 25.8 Å². The summed E-state index contributed by atoms with van der Waals surface area (Å²) in [7, 11) is 0. The van der Waals surface area contributed by atoms with Gasteiger partial charge in [0.05, 0.1) is 0 Å². The minimum Gasteiger partial charge on any atom is -0.409 e. The summed E-state index contributed by atoms with van der Waals surface area (Å²) in [5.74, 6) is 0.257. The van der Waals surface area contributed by atoms with Crippen LogP contribution in [0.5, 0.6) is 0 Å². The third kappa shape index (κ3) is 3.91. The molecular weight excluding hydrogens is 294 g/mol. The lowest BCUT2D eigenvalue weighted by atomic mass is 9.88. The molecule has 1 aromatic carbocycles. The predicted molar refractivity (Wildman–Crippen MR) is 79.2 cm³/mol. The number of benzene rings is 1. The molecule has 0 radical (unpaired) electrons. The highest BCUT2D eigenvalue weighted by Gasteiger charge is 2.22. The van der Waals surface area contributed by atoms with E-state index < -0.39 is 0 Å². The molecule has 0 aliphatic carbocycles. The van der Waals surface area contributed by atoms with Gasteiger partial charge in [0.25, 0.3) is 0 Å². The van der Waals surface area contributed by atoms with Crippen molar-refractivity contribution in [2.24, 2.45) is 16.3 Å². The molecule has 0 spiro atoms. The van der Waals surface area contributed by atoms with Crippen LogP contribution < -0.4 is 11.1 Å². The highest BCUT2D eigenvalue weighted by molar-refractivity contribution is 9.10. The van der Waals surface area contributed by atoms with Gasteiger partial charge >= 0.3 is 0 Å². The summed E-state index contributed by atoms with van der Waals surface area (Å²) in [4.78, 5) is 0. The second kappa shape index (κ2) is 6.09. The maximum absolute atomic E-state index is 8.70. The largest absolute Gasteiger partial charge is 0.409 e. The van der Waals surface area contributed by atoms with Crippen molar-refractivity contribution in [1.29, 1.82) is 0 Å². The number of halogens is 1. The highest BCUT2D eigenvalue weighted by atomic mass is 79.9. The van der Waals surface area contributed by atoms with Gasteiger partial charge in [0.1, 0.15) is 5.84 Å². The summed E-state index contributed by atoms with van der Waals surface area (Å²) in [6, 6.07) is 6.16. The zero-order valence-electron chi connectivity index (χ0n) is 11.0. The molecule has 0 unspecified atom stereocenters. The number of nitrogens with two attached hydrogens (primary N) is 1. The number of hydrogen-bond donors (Lipinski definition) is 3. The Morgan fingerprint density at radius 2 is 2.17 bits per heavy atom. The maximum atomic E-state index is 8.70. The lowest BCUT2D eigenvalue weighted by Crippen LogP contribution is -2.33. The molecule has 0 heterocycles. The van der Waals surface area contributed by atoms with Gasteiger partial charge in [-0.3, -0.25) is 0 Å². The molecule has 0 saturated carbocycles. The van der Waals surface area contributed by atoms with Gasteiger partial charge in [-0.1, -0.05) is 25.1 Å². The second-order valence-electron chi connectivity index (χ2n) is 5.03. The fraction of sp³-hybridized carbons (Fsp3) is 0.462. The standard InChI is InChI=1S/C13H20BrN3O/c1-9-4-5-11(10(14)8-9)16-7-6-13(2,3)12(15)17-18/h4-5,8,16,18H,6-7H2,1-3H3,(H2,15,17). The van der Waals surface area contributed by atoms with E-state index in [1.165, 1.54) is 5.56 Å². The van der Waals surface area contributed by atoms with Crippen LogP contribution in [0.2, 0.25) is 0 Å². The first-order valence-electron chi connectivity index (χ1n) is 5.85. The summed E-state index contributed by atoms with van der Waals surface area (Å²) in [6.45, 7) is 6.71. The molecular formula is C13H20BrN3O. The first-order chi connectivity index (χ1) is 8.36. The van der Waals surface area contributed by atoms with Gasteiger partial charge in [-0.15, -0.1) is 0 Å². The topological polar surface area (TPSA) is 70.6 Å². The van der Waals surface area contributed by atoms with Gasteiger partial charge in [0.2, 0.25) is 0 Å². The summed E-state index contributed by atoms with van der Waals surface area (Å²) in [6.07, 6.45) is 0.781. The quantitative estimate of drug-likeness (QED) is 0.338. The molecule has 18 heavy (non-hydrogen) atoms. The molecule has 0 bridgehead atoms. The lowest BCUT2D eigenvalue weighted by Gasteiger charge is -2.23. The van der Waals surface area contributed by atoms with Crippen LogP contribution in [0.15, 0.2) is 27.8 Å². The van der Waals surface area contributed by atoms with E-state index in [0.29, 0.717) is 0 Å². The molecule has 0 saturated heterocycles. The van der Waals surface area contributed by atoms with Gasteiger partial charge in [0.15, 0.2) is 0 Å². The van der Waals surface area contributed by atoms with Crippen molar-refractivity contribution in [2.45, 2.75) is 27.2 Å². The van der Waals surface area contributed by atoms with Crippen molar-refractivity contribution in [1.82, 2.24) is 0 Å². The van der Waals surface area contributed by atoms with Crippen molar-refractivity contribution in [3.05, 3.63) is 28.2 Å². The summed E-state index contributed by atoms with van der Waals surface area (Å²) in [5, 5.41) is 15.1. The summed E-state index contributed by atoms with van der Waals surface area (Å²) in [5.41, 5.74) is 7.59. The molecule has 0 aromatic heterocycles. The normalized spacial score (nSPS) is 12.6. The number of anilines is 1. The van der Waals surface area contributed by atoms with Crippen LogP contribution in [0.25, 0.3) is 0 Å². The molecule has 0 fully saturated rings. The monoisotopic (exact) mass is 313 g/mol.